The predicted molar refractivity (Wildman–Crippen MR) is 82.3 cm³/mol. The van der Waals surface area contributed by atoms with Gasteiger partial charge in [0.25, 0.3) is 5.91 Å². The maximum Gasteiger partial charge on any atom is 0.255 e. The third kappa shape index (κ3) is 3.17. The molecule has 0 heterocycles. The average molecular weight is 337 g/mol. The van der Waals surface area contributed by atoms with Crippen LogP contribution < -0.4 is 11.1 Å². The van der Waals surface area contributed by atoms with Crippen molar-refractivity contribution in [1.29, 1.82) is 0 Å². The Morgan fingerprint density at radius 1 is 1.30 bits per heavy atom. The first-order chi connectivity index (χ1) is 9.51. The number of benzene rings is 2. The molecule has 0 atom stereocenters. The van der Waals surface area contributed by atoms with Crippen molar-refractivity contribution < 1.29 is 9.18 Å². The van der Waals surface area contributed by atoms with E-state index in [-0.39, 0.29) is 10.4 Å². The summed E-state index contributed by atoms with van der Waals surface area (Å²) in [7, 11) is 0. The van der Waals surface area contributed by atoms with Gasteiger partial charge in [-0.15, -0.1) is 0 Å². The maximum atomic E-state index is 13.1. The average Bonchev–Trinajstić information content (AvgIpc) is 2.42. The van der Waals surface area contributed by atoms with Crippen LogP contribution in [0.15, 0.2) is 40.9 Å². The van der Waals surface area contributed by atoms with Crippen molar-refractivity contribution in [2.24, 2.45) is 0 Å². The van der Waals surface area contributed by atoms with Gasteiger partial charge < -0.3 is 11.1 Å². The number of carbonyl (C=O) groups excluding carboxylic acids is 1. The quantitative estimate of drug-likeness (QED) is 0.832. The second kappa shape index (κ2) is 6.05. The van der Waals surface area contributed by atoms with Gasteiger partial charge in [0, 0.05) is 16.9 Å². The summed E-state index contributed by atoms with van der Waals surface area (Å²) in [5.74, 6) is -0.715. The summed E-state index contributed by atoms with van der Waals surface area (Å²) in [6, 6.07) is 9.51. The number of nitrogen functional groups attached to an aromatic ring is 1. The lowest BCUT2D eigenvalue weighted by Crippen LogP contribution is -2.12. The van der Waals surface area contributed by atoms with Crippen molar-refractivity contribution in [3.8, 4) is 0 Å². The van der Waals surface area contributed by atoms with E-state index >= 15 is 0 Å². The van der Waals surface area contributed by atoms with Gasteiger partial charge in [0.2, 0.25) is 0 Å². The van der Waals surface area contributed by atoms with Gasteiger partial charge in [0.05, 0.1) is 4.47 Å². The van der Waals surface area contributed by atoms with Crippen LogP contribution in [-0.4, -0.2) is 5.91 Å². The Bertz CT molecular complexity index is 658. The lowest BCUT2D eigenvalue weighted by atomic mass is 10.1. The van der Waals surface area contributed by atoms with E-state index in [1.807, 2.05) is 13.0 Å². The summed E-state index contributed by atoms with van der Waals surface area (Å²) in [6.07, 6.45) is 0.838. The molecule has 2 aromatic carbocycles. The Kier molecular flexibility index (Phi) is 4.39. The van der Waals surface area contributed by atoms with E-state index in [4.69, 9.17) is 5.73 Å². The van der Waals surface area contributed by atoms with Gasteiger partial charge in [0.1, 0.15) is 5.82 Å². The Morgan fingerprint density at radius 2 is 2.05 bits per heavy atom. The largest absolute Gasteiger partial charge is 0.398 e. The predicted octanol–water partition coefficient (Wildman–Crippen LogP) is 3.99. The van der Waals surface area contributed by atoms with Crippen LogP contribution in [0, 0.1) is 5.82 Å². The van der Waals surface area contributed by atoms with E-state index < -0.39 is 5.82 Å². The minimum Gasteiger partial charge on any atom is -0.398 e. The lowest BCUT2D eigenvalue weighted by Gasteiger charge is -2.09. The van der Waals surface area contributed by atoms with E-state index in [2.05, 4.69) is 21.2 Å². The molecule has 2 aromatic rings. The fourth-order valence-electron chi connectivity index (χ4n) is 1.84. The molecule has 0 aromatic heterocycles. The number of halogens is 2. The molecule has 0 saturated heterocycles. The number of nitrogens with two attached hydrogens (primary N) is 1. The van der Waals surface area contributed by atoms with E-state index in [1.165, 1.54) is 18.2 Å². The molecule has 0 aliphatic heterocycles. The van der Waals surface area contributed by atoms with Gasteiger partial charge in [-0.05, 0) is 58.2 Å². The molecule has 1 amide bonds. The molecule has 0 aliphatic carbocycles. The Labute approximate surface area is 125 Å². The lowest BCUT2D eigenvalue weighted by molar-refractivity contribution is 0.102. The van der Waals surface area contributed by atoms with Gasteiger partial charge in [-0.2, -0.15) is 0 Å². The summed E-state index contributed by atoms with van der Waals surface area (Å²) in [6.45, 7) is 2.01. The topological polar surface area (TPSA) is 55.1 Å². The first-order valence-corrected chi connectivity index (χ1v) is 6.95. The highest BCUT2D eigenvalue weighted by atomic mass is 79.9. The van der Waals surface area contributed by atoms with Crippen LogP contribution in [0.5, 0.6) is 0 Å². The number of rotatable bonds is 3. The zero-order valence-electron chi connectivity index (χ0n) is 10.9. The van der Waals surface area contributed by atoms with Crippen LogP contribution in [0.3, 0.4) is 0 Å². The fraction of sp³-hybridized carbons (Fsp3) is 0.133. The highest BCUT2D eigenvalue weighted by Crippen LogP contribution is 2.21. The second-order valence-electron chi connectivity index (χ2n) is 4.35. The monoisotopic (exact) mass is 336 g/mol. The standard InChI is InChI=1S/C15H14BrFN2O/c1-2-9-3-5-11(8-14(9)18)19-15(20)10-4-6-13(17)12(16)7-10/h3-8H,2,18H2,1H3,(H,19,20). The molecule has 5 heteroatoms. The van der Waals surface area contributed by atoms with Crippen molar-refractivity contribution in [2.75, 3.05) is 11.1 Å². The highest BCUT2D eigenvalue weighted by molar-refractivity contribution is 9.10. The van der Waals surface area contributed by atoms with Gasteiger partial charge in [-0.25, -0.2) is 4.39 Å². The molecule has 3 nitrogen and oxygen atoms in total. The Balaban J connectivity index is 2.19. The van der Waals surface area contributed by atoms with Gasteiger partial charge in [-0.3, -0.25) is 4.79 Å². The molecule has 20 heavy (non-hydrogen) atoms. The molecule has 0 aliphatic rings. The van der Waals surface area contributed by atoms with Crippen LogP contribution in [0.1, 0.15) is 22.8 Å². The third-order valence-corrected chi connectivity index (χ3v) is 3.57. The van der Waals surface area contributed by atoms with Crippen molar-refractivity contribution in [3.63, 3.8) is 0 Å². The first kappa shape index (κ1) is 14.5. The SMILES string of the molecule is CCc1ccc(NC(=O)c2ccc(F)c(Br)c2)cc1N. The van der Waals surface area contributed by atoms with Gasteiger partial charge in [-0.1, -0.05) is 13.0 Å². The summed E-state index contributed by atoms with van der Waals surface area (Å²) in [5.41, 5.74) is 8.55. The number of hydrogen-bond donors (Lipinski definition) is 2. The van der Waals surface area contributed by atoms with Crippen molar-refractivity contribution in [2.45, 2.75) is 13.3 Å². The first-order valence-electron chi connectivity index (χ1n) is 6.16. The molecule has 104 valence electrons. The Hall–Kier alpha value is -1.88. The number of aryl methyl sites for hydroxylation is 1. The van der Waals surface area contributed by atoms with E-state index in [0.717, 1.165) is 12.0 Å². The zero-order chi connectivity index (χ0) is 14.7. The van der Waals surface area contributed by atoms with E-state index in [1.54, 1.807) is 12.1 Å². The van der Waals surface area contributed by atoms with Crippen LogP contribution in [-0.2, 0) is 6.42 Å². The van der Waals surface area contributed by atoms with Crippen LogP contribution in [0.2, 0.25) is 0 Å². The molecule has 0 bridgehead atoms. The van der Waals surface area contributed by atoms with Gasteiger partial charge >= 0.3 is 0 Å². The summed E-state index contributed by atoms with van der Waals surface area (Å²) >= 11 is 3.06. The van der Waals surface area contributed by atoms with Crippen molar-refractivity contribution in [1.82, 2.24) is 0 Å². The summed E-state index contributed by atoms with van der Waals surface area (Å²) in [4.78, 5) is 12.0. The van der Waals surface area contributed by atoms with Crippen LogP contribution in [0.25, 0.3) is 0 Å². The molecule has 0 radical (unpaired) electrons. The normalized spacial score (nSPS) is 10.3. The molecule has 0 spiro atoms. The van der Waals surface area contributed by atoms with Crippen LogP contribution >= 0.6 is 15.9 Å². The van der Waals surface area contributed by atoms with Crippen molar-refractivity contribution >= 4 is 33.2 Å². The Morgan fingerprint density at radius 3 is 2.65 bits per heavy atom. The smallest absolute Gasteiger partial charge is 0.255 e. The molecular weight excluding hydrogens is 323 g/mol. The molecule has 0 fully saturated rings. The third-order valence-electron chi connectivity index (χ3n) is 2.97. The molecule has 3 N–H and O–H groups in total. The minimum absolute atomic E-state index is 0.256. The molecule has 2 rings (SSSR count). The number of hydrogen-bond acceptors (Lipinski definition) is 2. The van der Waals surface area contributed by atoms with Crippen molar-refractivity contribution in [3.05, 3.63) is 57.8 Å². The van der Waals surface area contributed by atoms with Crippen LogP contribution in [0.4, 0.5) is 15.8 Å². The summed E-state index contributed by atoms with van der Waals surface area (Å²) in [5, 5.41) is 2.73. The molecule has 0 unspecified atom stereocenters. The number of anilines is 2. The maximum absolute atomic E-state index is 13.1. The second-order valence-corrected chi connectivity index (χ2v) is 5.20. The summed E-state index contributed by atoms with van der Waals surface area (Å²) < 4.78 is 13.4. The molecule has 0 saturated carbocycles. The zero-order valence-corrected chi connectivity index (χ0v) is 12.5. The number of carbonyl (C=O) groups is 1. The number of amides is 1. The highest BCUT2D eigenvalue weighted by Gasteiger charge is 2.09. The molecular formula is C15H14BrFN2O. The number of nitrogens with one attached hydrogen (secondary N) is 1. The minimum atomic E-state index is -0.405. The van der Waals surface area contributed by atoms with Gasteiger partial charge in [0.15, 0.2) is 0 Å². The fourth-order valence-corrected chi connectivity index (χ4v) is 2.21. The van der Waals surface area contributed by atoms with E-state index in [0.29, 0.717) is 16.9 Å². The van der Waals surface area contributed by atoms with E-state index in [9.17, 15) is 9.18 Å².